The van der Waals surface area contributed by atoms with Gasteiger partial charge in [0.2, 0.25) is 0 Å². The highest BCUT2D eigenvalue weighted by molar-refractivity contribution is 9.10. The van der Waals surface area contributed by atoms with Crippen LogP contribution in [0.4, 0.5) is 0 Å². The molecular formula is C22H13BrClN. The molecule has 5 rings (SSSR count). The van der Waals surface area contributed by atoms with Crippen molar-refractivity contribution in [3.05, 3.63) is 88.4 Å². The van der Waals surface area contributed by atoms with E-state index in [4.69, 9.17) is 11.6 Å². The van der Waals surface area contributed by atoms with Crippen LogP contribution in [0.15, 0.2) is 83.3 Å². The predicted molar refractivity (Wildman–Crippen MR) is 111 cm³/mol. The van der Waals surface area contributed by atoms with Crippen molar-refractivity contribution in [2.75, 3.05) is 0 Å². The lowest BCUT2D eigenvalue weighted by atomic mass is 10.1. The summed E-state index contributed by atoms with van der Waals surface area (Å²) in [6.07, 6.45) is 0. The van der Waals surface area contributed by atoms with E-state index >= 15 is 0 Å². The molecule has 0 amide bonds. The highest BCUT2D eigenvalue weighted by Gasteiger charge is 2.17. The molecule has 0 N–H and O–H groups in total. The van der Waals surface area contributed by atoms with Gasteiger partial charge in [-0.25, -0.2) is 0 Å². The second-order valence-corrected chi connectivity index (χ2v) is 7.46. The van der Waals surface area contributed by atoms with Gasteiger partial charge in [-0.3, -0.25) is 0 Å². The van der Waals surface area contributed by atoms with Gasteiger partial charge in [-0.2, -0.15) is 0 Å². The summed E-state index contributed by atoms with van der Waals surface area (Å²) >= 11 is 10.3. The van der Waals surface area contributed by atoms with Gasteiger partial charge in [0.25, 0.3) is 0 Å². The molecule has 1 heterocycles. The number of halogens is 2. The van der Waals surface area contributed by atoms with Gasteiger partial charge in [0.1, 0.15) is 0 Å². The number of benzene rings is 4. The molecule has 0 saturated heterocycles. The van der Waals surface area contributed by atoms with Crippen molar-refractivity contribution in [1.82, 2.24) is 4.57 Å². The third-order valence-electron chi connectivity index (χ3n) is 4.68. The van der Waals surface area contributed by atoms with Gasteiger partial charge in [-0.05, 0) is 41.8 Å². The summed E-state index contributed by atoms with van der Waals surface area (Å²) in [6, 6.07) is 27.3. The molecule has 0 aliphatic heterocycles. The van der Waals surface area contributed by atoms with Crippen LogP contribution in [0.3, 0.4) is 0 Å². The first kappa shape index (κ1) is 15.0. The van der Waals surface area contributed by atoms with Gasteiger partial charge in [-0.15, -0.1) is 0 Å². The number of aromatic nitrogens is 1. The average molecular weight is 407 g/mol. The van der Waals surface area contributed by atoms with Crippen LogP contribution >= 0.6 is 27.5 Å². The van der Waals surface area contributed by atoms with Crippen LogP contribution in [0, 0.1) is 0 Å². The molecule has 0 aliphatic carbocycles. The average Bonchev–Trinajstić information content (AvgIpc) is 2.97. The fourth-order valence-corrected chi connectivity index (χ4v) is 4.32. The maximum absolute atomic E-state index is 6.74. The predicted octanol–water partition coefficient (Wildman–Crippen LogP) is 7.35. The molecular weight excluding hydrogens is 394 g/mol. The zero-order valence-electron chi connectivity index (χ0n) is 13.2. The van der Waals surface area contributed by atoms with Crippen molar-refractivity contribution in [1.29, 1.82) is 0 Å². The number of hydrogen-bond donors (Lipinski definition) is 0. The molecule has 25 heavy (non-hydrogen) atoms. The van der Waals surface area contributed by atoms with E-state index in [-0.39, 0.29) is 0 Å². The van der Waals surface area contributed by atoms with E-state index in [0.29, 0.717) is 0 Å². The van der Waals surface area contributed by atoms with Gasteiger partial charge in [0, 0.05) is 26.3 Å². The van der Waals surface area contributed by atoms with Gasteiger partial charge in [-0.1, -0.05) is 70.0 Å². The van der Waals surface area contributed by atoms with E-state index in [0.717, 1.165) is 42.4 Å². The van der Waals surface area contributed by atoms with Gasteiger partial charge >= 0.3 is 0 Å². The van der Waals surface area contributed by atoms with Crippen LogP contribution < -0.4 is 0 Å². The quantitative estimate of drug-likeness (QED) is 0.274. The number of fused-ring (bicyclic) bond motifs is 5. The zero-order valence-corrected chi connectivity index (χ0v) is 15.6. The molecule has 0 bridgehead atoms. The summed E-state index contributed by atoms with van der Waals surface area (Å²) in [5, 5.41) is 5.40. The summed E-state index contributed by atoms with van der Waals surface area (Å²) in [6.45, 7) is 0. The van der Waals surface area contributed by atoms with E-state index in [2.05, 4.69) is 93.3 Å². The molecule has 1 nitrogen and oxygen atoms in total. The van der Waals surface area contributed by atoms with Crippen molar-refractivity contribution in [2.45, 2.75) is 0 Å². The Kier molecular flexibility index (Phi) is 3.37. The SMILES string of the molecule is Clc1cc2ccccc2c2c1c1cc(Br)ccc1n2-c1ccccc1. The first-order valence-corrected chi connectivity index (χ1v) is 9.27. The minimum atomic E-state index is 0.784. The normalized spacial score (nSPS) is 11.6. The third kappa shape index (κ3) is 2.21. The lowest BCUT2D eigenvalue weighted by molar-refractivity contribution is 1.19. The molecule has 0 unspecified atom stereocenters. The van der Waals surface area contributed by atoms with E-state index in [1.807, 2.05) is 6.07 Å². The molecule has 0 spiro atoms. The lowest BCUT2D eigenvalue weighted by Gasteiger charge is -2.10. The second-order valence-electron chi connectivity index (χ2n) is 6.14. The Morgan fingerprint density at radius 1 is 0.760 bits per heavy atom. The van der Waals surface area contributed by atoms with Crippen molar-refractivity contribution in [2.24, 2.45) is 0 Å². The molecule has 0 atom stereocenters. The van der Waals surface area contributed by atoms with Crippen molar-refractivity contribution >= 4 is 60.1 Å². The first-order chi connectivity index (χ1) is 12.2. The van der Waals surface area contributed by atoms with Crippen LogP contribution in [-0.4, -0.2) is 4.57 Å². The number of hydrogen-bond acceptors (Lipinski definition) is 0. The smallest absolute Gasteiger partial charge is 0.0634 e. The standard InChI is InChI=1S/C22H13BrClN/c23-15-10-11-20-18(13-15)21-19(24)12-14-6-4-5-9-17(14)22(21)25(20)16-7-2-1-3-8-16/h1-13H. The van der Waals surface area contributed by atoms with Crippen LogP contribution in [0.1, 0.15) is 0 Å². The summed E-state index contributed by atoms with van der Waals surface area (Å²) in [4.78, 5) is 0. The Bertz CT molecular complexity index is 1260. The maximum Gasteiger partial charge on any atom is 0.0634 e. The maximum atomic E-state index is 6.74. The fraction of sp³-hybridized carbons (Fsp3) is 0. The van der Waals surface area contributed by atoms with Crippen molar-refractivity contribution < 1.29 is 0 Å². The highest BCUT2D eigenvalue weighted by atomic mass is 79.9. The molecule has 0 fully saturated rings. The summed E-state index contributed by atoms with van der Waals surface area (Å²) in [5.74, 6) is 0. The highest BCUT2D eigenvalue weighted by Crippen LogP contribution is 2.41. The molecule has 4 aromatic carbocycles. The van der Waals surface area contributed by atoms with E-state index in [9.17, 15) is 0 Å². The van der Waals surface area contributed by atoms with E-state index in [1.165, 1.54) is 5.39 Å². The minimum Gasteiger partial charge on any atom is -0.309 e. The lowest BCUT2D eigenvalue weighted by Crippen LogP contribution is -1.93. The topological polar surface area (TPSA) is 4.93 Å². The van der Waals surface area contributed by atoms with E-state index < -0.39 is 0 Å². The van der Waals surface area contributed by atoms with Crippen molar-refractivity contribution in [3.8, 4) is 5.69 Å². The van der Waals surface area contributed by atoms with Crippen LogP contribution in [-0.2, 0) is 0 Å². The molecule has 5 aromatic rings. The molecule has 0 radical (unpaired) electrons. The fourth-order valence-electron chi connectivity index (χ4n) is 3.65. The monoisotopic (exact) mass is 405 g/mol. The molecule has 3 heteroatoms. The Morgan fingerprint density at radius 2 is 1.52 bits per heavy atom. The Hall–Kier alpha value is -2.29. The van der Waals surface area contributed by atoms with Gasteiger partial charge < -0.3 is 4.57 Å². The molecule has 1 aromatic heterocycles. The molecule has 120 valence electrons. The number of rotatable bonds is 1. The van der Waals surface area contributed by atoms with Crippen LogP contribution in [0.5, 0.6) is 0 Å². The Morgan fingerprint density at radius 3 is 2.36 bits per heavy atom. The largest absolute Gasteiger partial charge is 0.309 e. The third-order valence-corrected chi connectivity index (χ3v) is 5.47. The van der Waals surface area contributed by atoms with Crippen molar-refractivity contribution in [3.63, 3.8) is 0 Å². The zero-order chi connectivity index (χ0) is 17.0. The first-order valence-electron chi connectivity index (χ1n) is 8.10. The number of para-hydroxylation sites is 1. The summed E-state index contributed by atoms with van der Waals surface area (Å²) in [5.41, 5.74) is 3.45. The van der Waals surface area contributed by atoms with E-state index in [1.54, 1.807) is 0 Å². The Balaban J connectivity index is 2.13. The molecule has 0 aliphatic rings. The van der Waals surface area contributed by atoms with Gasteiger partial charge in [0.05, 0.1) is 16.1 Å². The number of nitrogens with zero attached hydrogens (tertiary/aromatic N) is 1. The van der Waals surface area contributed by atoms with Crippen LogP contribution in [0.25, 0.3) is 38.3 Å². The van der Waals surface area contributed by atoms with Gasteiger partial charge in [0.15, 0.2) is 0 Å². The minimum absolute atomic E-state index is 0.784. The summed E-state index contributed by atoms with van der Waals surface area (Å²) in [7, 11) is 0. The summed E-state index contributed by atoms with van der Waals surface area (Å²) < 4.78 is 3.36. The van der Waals surface area contributed by atoms with Crippen LogP contribution in [0.2, 0.25) is 5.02 Å². The Labute approximate surface area is 158 Å². The second kappa shape index (κ2) is 5.62. The molecule has 0 saturated carbocycles.